The molecule has 0 bridgehead atoms. The minimum absolute atomic E-state index is 0.266. The first-order valence-corrected chi connectivity index (χ1v) is 7.40. The van der Waals surface area contributed by atoms with Crippen molar-refractivity contribution in [1.29, 1.82) is 0 Å². The Bertz CT molecular complexity index is 217. The Morgan fingerprint density at radius 1 is 1.00 bits per heavy atom. The van der Waals surface area contributed by atoms with Gasteiger partial charge >= 0.3 is 0 Å². The van der Waals surface area contributed by atoms with Crippen molar-refractivity contribution in [3.8, 4) is 0 Å². The minimum atomic E-state index is 0.266. The molecule has 0 spiro atoms. The predicted molar refractivity (Wildman–Crippen MR) is 75.5 cm³/mol. The maximum absolute atomic E-state index is 11.8. The number of unbranched alkanes of at least 4 members (excludes halogenated alkanes) is 7. The molecule has 106 valence electrons. The van der Waals surface area contributed by atoms with Crippen LogP contribution >= 0.6 is 0 Å². The summed E-state index contributed by atoms with van der Waals surface area (Å²) in [7, 11) is 1.88. The highest BCUT2D eigenvalue weighted by Crippen LogP contribution is 2.07. The van der Waals surface area contributed by atoms with Crippen LogP contribution in [0.2, 0.25) is 0 Å². The van der Waals surface area contributed by atoms with Crippen molar-refractivity contribution < 1.29 is 9.59 Å². The van der Waals surface area contributed by atoms with E-state index in [0.29, 0.717) is 12.8 Å². The van der Waals surface area contributed by atoms with Gasteiger partial charge in [-0.05, 0) is 19.3 Å². The second-order valence-electron chi connectivity index (χ2n) is 5.00. The van der Waals surface area contributed by atoms with E-state index >= 15 is 0 Å². The Balaban J connectivity index is 3.42. The SMILES string of the molecule is CCCCCCCC(=O)N(C)CCCCCC=O. The molecule has 0 aliphatic heterocycles. The van der Waals surface area contributed by atoms with Crippen molar-refractivity contribution in [3.05, 3.63) is 0 Å². The van der Waals surface area contributed by atoms with Gasteiger partial charge in [0.1, 0.15) is 6.29 Å². The highest BCUT2D eigenvalue weighted by atomic mass is 16.2. The van der Waals surface area contributed by atoms with E-state index in [2.05, 4.69) is 6.92 Å². The van der Waals surface area contributed by atoms with Gasteiger partial charge in [0.2, 0.25) is 5.91 Å². The lowest BCUT2D eigenvalue weighted by Gasteiger charge is -2.16. The third kappa shape index (κ3) is 10.3. The second-order valence-corrected chi connectivity index (χ2v) is 5.00. The molecule has 0 saturated carbocycles. The van der Waals surface area contributed by atoms with E-state index < -0.39 is 0 Å². The van der Waals surface area contributed by atoms with E-state index in [1.807, 2.05) is 11.9 Å². The molecule has 0 aromatic rings. The van der Waals surface area contributed by atoms with Crippen LogP contribution in [-0.4, -0.2) is 30.7 Å². The maximum Gasteiger partial charge on any atom is 0.222 e. The van der Waals surface area contributed by atoms with Gasteiger partial charge in [-0.3, -0.25) is 4.79 Å². The third-order valence-electron chi connectivity index (χ3n) is 3.24. The Labute approximate surface area is 112 Å². The first-order chi connectivity index (χ1) is 8.72. The molecule has 1 amide bonds. The summed E-state index contributed by atoms with van der Waals surface area (Å²) in [5, 5.41) is 0. The quantitative estimate of drug-likeness (QED) is 0.395. The first-order valence-electron chi connectivity index (χ1n) is 7.40. The van der Waals surface area contributed by atoms with Gasteiger partial charge in [0.15, 0.2) is 0 Å². The molecule has 0 aromatic carbocycles. The molecule has 0 aromatic heterocycles. The summed E-state index contributed by atoms with van der Waals surface area (Å²) in [5.74, 6) is 0.266. The largest absolute Gasteiger partial charge is 0.346 e. The number of amides is 1. The third-order valence-corrected chi connectivity index (χ3v) is 3.24. The topological polar surface area (TPSA) is 37.4 Å². The Morgan fingerprint density at radius 3 is 2.33 bits per heavy atom. The Kier molecular flexibility index (Phi) is 12.0. The summed E-state index contributed by atoms with van der Waals surface area (Å²) in [6, 6.07) is 0. The lowest BCUT2D eigenvalue weighted by molar-refractivity contribution is -0.130. The van der Waals surface area contributed by atoms with Crippen LogP contribution in [0.4, 0.5) is 0 Å². The maximum atomic E-state index is 11.8. The van der Waals surface area contributed by atoms with Crippen LogP contribution < -0.4 is 0 Å². The Morgan fingerprint density at radius 2 is 1.67 bits per heavy atom. The number of rotatable bonds is 12. The standard InChI is InChI=1S/C15H29NO2/c1-3-4-5-6-9-12-15(18)16(2)13-10-7-8-11-14-17/h14H,3-13H2,1-2H3. The monoisotopic (exact) mass is 255 g/mol. The van der Waals surface area contributed by atoms with Crippen molar-refractivity contribution in [2.45, 2.75) is 71.1 Å². The van der Waals surface area contributed by atoms with Crippen LogP contribution in [0.1, 0.15) is 71.1 Å². The molecular weight excluding hydrogens is 226 g/mol. The zero-order chi connectivity index (χ0) is 13.6. The van der Waals surface area contributed by atoms with Crippen LogP contribution in [0.15, 0.2) is 0 Å². The molecule has 3 heteroatoms. The summed E-state index contributed by atoms with van der Waals surface area (Å²) < 4.78 is 0. The van der Waals surface area contributed by atoms with E-state index in [0.717, 1.165) is 38.5 Å². The highest BCUT2D eigenvalue weighted by molar-refractivity contribution is 5.75. The van der Waals surface area contributed by atoms with Gasteiger partial charge in [0, 0.05) is 26.4 Å². The number of carbonyl (C=O) groups excluding carboxylic acids is 2. The molecule has 0 aliphatic carbocycles. The molecule has 0 radical (unpaired) electrons. The molecule has 0 rings (SSSR count). The average Bonchev–Trinajstić information content (AvgIpc) is 2.37. The van der Waals surface area contributed by atoms with Gasteiger partial charge < -0.3 is 9.69 Å². The zero-order valence-corrected chi connectivity index (χ0v) is 12.1. The predicted octanol–water partition coefficient (Wildman–Crippen LogP) is 3.56. The fraction of sp³-hybridized carbons (Fsp3) is 0.867. The van der Waals surface area contributed by atoms with E-state index in [9.17, 15) is 9.59 Å². The average molecular weight is 255 g/mol. The second kappa shape index (κ2) is 12.6. The van der Waals surface area contributed by atoms with Gasteiger partial charge in [-0.1, -0.05) is 39.0 Å². The zero-order valence-electron chi connectivity index (χ0n) is 12.1. The Hall–Kier alpha value is -0.860. The van der Waals surface area contributed by atoms with E-state index in [1.165, 1.54) is 25.7 Å². The van der Waals surface area contributed by atoms with Crippen molar-refractivity contribution >= 4 is 12.2 Å². The highest BCUT2D eigenvalue weighted by Gasteiger charge is 2.07. The number of hydrogen-bond donors (Lipinski definition) is 0. The van der Waals surface area contributed by atoms with Gasteiger partial charge in [0.25, 0.3) is 0 Å². The smallest absolute Gasteiger partial charge is 0.222 e. The summed E-state index contributed by atoms with van der Waals surface area (Å²) in [6.07, 6.45) is 11.3. The molecule has 3 nitrogen and oxygen atoms in total. The number of aldehydes is 1. The lowest BCUT2D eigenvalue weighted by Crippen LogP contribution is -2.27. The van der Waals surface area contributed by atoms with Crippen LogP contribution in [0.3, 0.4) is 0 Å². The van der Waals surface area contributed by atoms with Gasteiger partial charge in [-0.15, -0.1) is 0 Å². The molecule has 0 saturated heterocycles. The van der Waals surface area contributed by atoms with Crippen LogP contribution in [0, 0.1) is 0 Å². The van der Waals surface area contributed by atoms with Crippen LogP contribution in [0.5, 0.6) is 0 Å². The van der Waals surface area contributed by atoms with Crippen molar-refractivity contribution in [2.75, 3.05) is 13.6 Å². The van der Waals surface area contributed by atoms with Crippen molar-refractivity contribution in [1.82, 2.24) is 4.90 Å². The summed E-state index contributed by atoms with van der Waals surface area (Å²) in [4.78, 5) is 23.7. The summed E-state index contributed by atoms with van der Waals surface area (Å²) in [6.45, 7) is 3.02. The van der Waals surface area contributed by atoms with Gasteiger partial charge in [-0.2, -0.15) is 0 Å². The number of hydrogen-bond acceptors (Lipinski definition) is 2. The fourth-order valence-electron chi connectivity index (χ4n) is 1.95. The number of carbonyl (C=O) groups is 2. The minimum Gasteiger partial charge on any atom is -0.346 e. The molecule has 0 atom stereocenters. The molecular formula is C15H29NO2. The normalized spacial score (nSPS) is 10.3. The van der Waals surface area contributed by atoms with E-state index in [-0.39, 0.29) is 5.91 Å². The first kappa shape index (κ1) is 17.1. The molecule has 0 unspecified atom stereocenters. The molecule has 0 heterocycles. The molecule has 18 heavy (non-hydrogen) atoms. The molecule has 0 aliphatic rings. The fourth-order valence-corrected chi connectivity index (χ4v) is 1.95. The van der Waals surface area contributed by atoms with Gasteiger partial charge in [-0.25, -0.2) is 0 Å². The van der Waals surface area contributed by atoms with Gasteiger partial charge in [0.05, 0.1) is 0 Å². The van der Waals surface area contributed by atoms with Crippen molar-refractivity contribution in [2.24, 2.45) is 0 Å². The van der Waals surface area contributed by atoms with Crippen LogP contribution in [0.25, 0.3) is 0 Å². The molecule has 0 fully saturated rings. The van der Waals surface area contributed by atoms with Crippen molar-refractivity contribution in [3.63, 3.8) is 0 Å². The summed E-state index contributed by atoms with van der Waals surface area (Å²) >= 11 is 0. The lowest BCUT2D eigenvalue weighted by atomic mass is 10.1. The summed E-state index contributed by atoms with van der Waals surface area (Å²) in [5.41, 5.74) is 0. The van der Waals surface area contributed by atoms with E-state index in [4.69, 9.17) is 0 Å². The van der Waals surface area contributed by atoms with E-state index in [1.54, 1.807) is 0 Å². The number of nitrogens with zero attached hydrogens (tertiary/aromatic N) is 1. The molecule has 0 N–H and O–H groups in total. The van der Waals surface area contributed by atoms with Crippen LogP contribution in [-0.2, 0) is 9.59 Å².